The summed E-state index contributed by atoms with van der Waals surface area (Å²) in [6, 6.07) is 8.54. The summed E-state index contributed by atoms with van der Waals surface area (Å²) in [6.45, 7) is 13.7. The molecule has 3 aromatic heterocycles. The zero-order valence-corrected chi connectivity index (χ0v) is 23.7. The van der Waals surface area contributed by atoms with Crippen molar-refractivity contribution in [3.63, 3.8) is 0 Å². The number of nitrogens with one attached hydrogen (secondary N) is 1. The van der Waals surface area contributed by atoms with Crippen LogP contribution >= 0.6 is 0 Å². The predicted octanol–water partition coefficient (Wildman–Crippen LogP) is 6.03. The van der Waals surface area contributed by atoms with Gasteiger partial charge in [0.25, 0.3) is 0 Å². The van der Waals surface area contributed by atoms with Crippen molar-refractivity contribution in [2.75, 3.05) is 25.0 Å². The molecule has 3 saturated heterocycles. The molecular formula is C30H36F2N8. The SMILES string of the molecule is CCN1CC2CCC1CN2[C@H](C)c1ccc(Nc2ncc(F)c(-c3cc(F)c4nc(C)n(C(C)C)c4c3)n2)nc1. The number of aryl methyl sites for hydroxylation is 1. The largest absolute Gasteiger partial charge is 0.326 e. The van der Waals surface area contributed by atoms with Crippen molar-refractivity contribution in [3.05, 3.63) is 59.7 Å². The van der Waals surface area contributed by atoms with Gasteiger partial charge in [0.15, 0.2) is 11.6 Å². The summed E-state index contributed by atoms with van der Waals surface area (Å²) in [6.07, 6.45) is 5.51. The number of piperazine rings is 1. The molecule has 7 rings (SSSR count). The van der Waals surface area contributed by atoms with Crippen LogP contribution in [-0.2, 0) is 0 Å². The van der Waals surface area contributed by atoms with Crippen LogP contribution in [0.25, 0.3) is 22.3 Å². The highest BCUT2D eigenvalue weighted by Gasteiger charge is 2.40. The van der Waals surface area contributed by atoms with Crippen LogP contribution < -0.4 is 5.32 Å². The average Bonchev–Trinajstić information content (AvgIpc) is 3.30. The lowest BCUT2D eigenvalue weighted by Crippen LogP contribution is -2.62. The number of aromatic nitrogens is 5. The van der Waals surface area contributed by atoms with Gasteiger partial charge >= 0.3 is 0 Å². The first-order valence-electron chi connectivity index (χ1n) is 14.2. The fraction of sp³-hybridized carbons (Fsp3) is 0.467. The van der Waals surface area contributed by atoms with Gasteiger partial charge in [0.2, 0.25) is 5.95 Å². The number of pyridine rings is 1. The molecule has 1 N–H and O–H groups in total. The topological polar surface area (TPSA) is 75.0 Å². The van der Waals surface area contributed by atoms with Gasteiger partial charge in [-0.15, -0.1) is 0 Å². The summed E-state index contributed by atoms with van der Waals surface area (Å²) in [5.74, 6) is 0.295. The van der Waals surface area contributed by atoms with E-state index in [2.05, 4.69) is 55.0 Å². The van der Waals surface area contributed by atoms with Gasteiger partial charge < -0.3 is 9.88 Å². The van der Waals surface area contributed by atoms with Crippen LogP contribution in [0.2, 0.25) is 0 Å². The minimum atomic E-state index is -0.633. The Morgan fingerprint density at radius 1 is 0.975 bits per heavy atom. The van der Waals surface area contributed by atoms with E-state index in [0.717, 1.165) is 31.4 Å². The van der Waals surface area contributed by atoms with E-state index < -0.39 is 11.6 Å². The number of imidazole rings is 1. The van der Waals surface area contributed by atoms with Gasteiger partial charge in [-0.1, -0.05) is 13.0 Å². The summed E-state index contributed by atoms with van der Waals surface area (Å²) < 4.78 is 31.8. The highest BCUT2D eigenvalue weighted by atomic mass is 19.1. The Balaban J connectivity index is 1.22. The van der Waals surface area contributed by atoms with Crippen molar-refractivity contribution >= 4 is 22.8 Å². The number of hydrogen-bond acceptors (Lipinski definition) is 7. The number of piperidine rings is 2. The molecular weight excluding hydrogens is 510 g/mol. The molecule has 0 radical (unpaired) electrons. The van der Waals surface area contributed by atoms with E-state index in [1.54, 1.807) is 6.07 Å². The minimum Gasteiger partial charge on any atom is -0.326 e. The van der Waals surface area contributed by atoms with Crippen molar-refractivity contribution in [3.8, 4) is 11.3 Å². The first-order chi connectivity index (χ1) is 19.2. The van der Waals surface area contributed by atoms with E-state index in [1.807, 2.05) is 37.6 Å². The predicted molar refractivity (Wildman–Crippen MR) is 152 cm³/mol. The lowest BCUT2D eigenvalue weighted by molar-refractivity contribution is -0.0377. The maximum Gasteiger partial charge on any atom is 0.229 e. The smallest absolute Gasteiger partial charge is 0.229 e. The van der Waals surface area contributed by atoms with E-state index in [9.17, 15) is 4.39 Å². The summed E-state index contributed by atoms with van der Waals surface area (Å²) in [7, 11) is 0. The van der Waals surface area contributed by atoms with Crippen molar-refractivity contribution < 1.29 is 8.78 Å². The fourth-order valence-corrected chi connectivity index (χ4v) is 6.53. The van der Waals surface area contributed by atoms with Crippen molar-refractivity contribution in [2.45, 2.75) is 71.6 Å². The van der Waals surface area contributed by atoms with Crippen molar-refractivity contribution in [2.24, 2.45) is 0 Å². The van der Waals surface area contributed by atoms with Crippen molar-refractivity contribution in [1.29, 1.82) is 0 Å². The number of fused-ring (bicyclic) bond motifs is 4. The molecule has 1 aromatic carbocycles. The Hall–Kier alpha value is -3.50. The van der Waals surface area contributed by atoms with Crippen LogP contribution in [0.15, 0.2) is 36.7 Å². The summed E-state index contributed by atoms with van der Waals surface area (Å²) in [5, 5.41) is 3.08. The van der Waals surface area contributed by atoms with Gasteiger partial charge in [-0.25, -0.2) is 28.7 Å². The van der Waals surface area contributed by atoms with Crippen LogP contribution in [0.3, 0.4) is 0 Å². The molecule has 10 heteroatoms. The van der Waals surface area contributed by atoms with Crippen LogP contribution in [-0.4, -0.2) is 66.0 Å². The summed E-state index contributed by atoms with van der Waals surface area (Å²) in [4.78, 5) is 22.7. The number of hydrogen-bond donors (Lipinski definition) is 1. The molecule has 0 amide bonds. The highest BCUT2D eigenvalue weighted by Crippen LogP contribution is 2.35. The highest BCUT2D eigenvalue weighted by molar-refractivity contribution is 5.83. The Labute approximate surface area is 233 Å². The second kappa shape index (κ2) is 10.5. The van der Waals surface area contributed by atoms with Crippen LogP contribution in [0.1, 0.15) is 64.0 Å². The molecule has 3 aliphatic heterocycles. The number of benzene rings is 1. The molecule has 40 heavy (non-hydrogen) atoms. The lowest BCUT2D eigenvalue weighted by atomic mass is 9.88. The normalized spacial score (nSPS) is 20.5. The molecule has 4 aromatic rings. The Morgan fingerprint density at radius 3 is 2.45 bits per heavy atom. The van der Waals surface area contributed by atoms with Crippen LogP contribution in [0, 0.1) is 18.6 Å². The quantitative estimate of drug-likeness (QED) is 0.303. The fourth-order valence-electron chi connectivity index (χ4n) is 6.53. The average molecular weight is 547 g/mol. The Bertz CT molecular complexity index is 1530. The minimum absolute atomic E-state index is 0.0129. The second-order valence-corrected chi connectivity index (χ2v) is 11.3. The Morgan fingerprint density at radius 2 is 1.77 bits per heavy atom. The van der Waals surface area contributed by atoms with Gasteiger partial charge in [0.1, 0.15) is 22.9 Å². The molecule has 3 atom stereocenters. The summed E-state index contributed by atoms with van der Waals surface area (Å²) >= 11 is 0. The summed E-state index contributed by atoms with van der Waals surface area (Å²) in [5.41, 5.74) is 2.36. The van der Waals surface area contributed by atoms with Gasteiger partial charge in [0, 0.05) is 49.0 Å². The van der Waals surface area contributed by atoms with Gasteiger partial charge in [0.05, 0.1) is 11.7 Å². The Kier molecular flexibility index (Phi) is 7.00. The monoisotopic (exact) mass is 546 g/mol. The molecule has 2 bridgehead atoms. The molecule has 0 aliphatic carbocycles. The number of halogens is 2. The molecule has 0 saturated carbocycles. The number of anilines is 2. The molecule has 8 nitrogen and oxygen atoms in total. The molecule has 2 unspecified atom stereocenters. The first-order valence-corrected chi connectivity index (χ1v) is 14.2. The molecule has 3 fully saturated rings. The van der Waals surface area contributed by atoms with E-state index in [-0.39, 0.29) is 29.2 Å². The zero-order valence-electron chi connectivity index (χ0n) is 23.7. The zero-order chi connectivity index (χ0) is 28.1. The van der Waals surface area contributed by atoms with Crippen molar-refractivity contribution in [1.82, 2.24) is 34.3 Å². The van der Waals surface area contributed by atoms with Gasteiger partial charge in [-0.05, 0) is 70.8 Å². The third kappa shape index (κ3) is 4.73. The molecule has 210 valence electrons. The standard InChI is InChI=1S/C30H36F2N8/c1-6-38-15-23-9-8-22(38)16-39(23)18(4)20-7-10-27(33-13-20)36-30-34-14-25(32)28(37-30)21-11-24(31)29-26(12-21)40(17(2)3)19(5)35-29/h7,10-14,17-18,22-23H,6,8-9,15-16H2,1-5H3,(H,33,34,36,37)/t18-,22?,23?/m1/s1. The van der Waals surface area contributed by atoms with Crippen LogP contribution in [0.5, 0.6) is 0 Å². The molecule has 0 spiro atoms. The van der Waals surface area contributed by atoms with Gasteiger partial charge in [-0.3, -0.25) is 9.80 Å². The lowest BCUT2D eigenvalue weighted by Gasteiger charge is -2.53. The van der Waals surface area contributed by atoms with Crippen LogP contribution in [0.4, 0.5) is 20.5 Å². The third-order valence-electron chi connectivity index (χ3n) is 8.56. The number of rotatable bonds is 7. The van der Waals surface area contributed by atoms with Gasteiger partial charge in [-0.2, -0.15) is 0 Å². The molecule has 6 heterocycles. The van der Waals surface area contributed by atoms with E-state index in [4.69, 9.17) is 0 Å². The maximum atomic E-state index is 15.0. The van der Waals surface area contributed by atoms with E-state index in [0.29, 0.717) is 34.8 Å². The first kappa shape index (κ1) is 26.7. The maximum absolute atomic E-state index is 15.0. The molecule has 3 aliphatic rings. The third-order valence-corrected chi connectivity index (χ3v) is 8.56. The number of likely N-dealkylation sites (N-methyl/N-ethyl adjacent to an activating group) is 1. The number of nitrogens with zero attached hydrogens (tertiary/aromatic N) is 7. The second-order valence-electron chi connectivity index (χ2n) is 11.3. The van der Waals surface area contributed by atoms with E-state index >= 15 is 4.39 Å². The van der Waals surface area contributed by atoms with E-state index in [1.165, 1.54) is 18.9 Å².